The first kappa shape index (κ1) is 27.0. The minimum Gasteiger partial charge on any atom is -0.483 e. The van der Waals surface area contributed by atoms with Gasteiger partial charge in [-0.1, -0.05) is 17.8 Å². The first-order valence-corrected chi connectivity index (χ1v) is 11.7. The van der Waals surface area contributed by atoms with Crippen molar-refractivity contribution in [2.75, 3.05) is 6.61 Å². The van der Waals surface area contributed by atoms with Crippen LogP contribution in [0.3, 0.4) is 0 Å². The predicted octanol–water partition coefficient (Wildman–Crippen LogP) is 3.61. The largest absolute Gasteiger partial charge is 0.483 e. The normalized spacial score (nSPS) is 16.0. The minimum atomic E-state index is -1.15. The number of Topliss-reactive ketones (excluding diaryl/α,β-unsaturated/α-hetero) is 1. The zero-order chi connectivity index (χ0) is 26.4. The molecule has 192 valence electrons. The predicted molar refractivity (Wildman–Crippen MR) is 132 cm³/mol. The molecule has 1 amide bonds. The molecule has 9 heteroatoms. The molecule has 3 rings (SSSR count). The Hall–Kier alpha value is -3.56. The van der Waals surface area contributed by atoms with E-state index in [0.717, 1.165) is 18.9 Å². The Morgan fingerprint density at radius 3 is 2.39 bits per heavy atom. The van der Waals surface area contributed by atoms with Crippen molar-refractivity contribution in [1.29, 1.82) is 0 Å². The standard InChI is InChI=1S/C27H31FN2O6/c1-15(21-9-12-23(24(28)13-21)27(34)29-16(2)25(32)14-31)30-36-18(4)17(3)35-22-10-7-20(8-11-22)26(33)19-5-6-19/h7-13,16-17,19,25,31-32H,4-6,14H2,1-3H3,(H,29,34)/b30-15+. The van der Waals surface area contributed by atoms with Crippen molar-refractivity contribution in [2.24, 2.45) is 11.1 Å². The van der Waals surface area contributed by atoms with Gasteiger partial charge >= 0.3 is 0 Å². The second-order valence-corrected chi connectivity index (χ2v) is 8.86. The zero-order valence-electron chi connectivity index (χ0n) is 20.5. The van der Waals surface area contributed by atoms with E-state index in [1.165, 1.54) is 19.1 Å². The average Bonchev–Trinajstić information content (AvgIpc) is 3.71. The van der Waals surface area contributed by atoms with Crippen molar-refractivity contribution in [3.8, 4) is 5.75 Å². The van der Waals surface area contributed by atoms with Crippen LogP contribution in [0.5, 0.6) is 5.75 Å². The molecule has 0 heterocycles. The molecule has 8 nitrogen and oxygen atoms in total. The molecule has 1 aliphatic carbocycles. The van der Waals surface area contributed by atoms with Crippen LogP contribution in [0, 0.1) is 11.7 Å². The van der Waals surface area contributed by atoms with E-state index in [0.29, 0.717) is 22.6 Å². The third kappa shape index (κ3) is 6.99. The van der Waals surface area contributed by atoms with Gasteiger partial charge in [0.15, 0.2) is 17.6 Å². The highest BCUT2D eigenvalue weighted by Crippen LogP contribution is 2.33. The molecule has 1 saturated carbocycles. The lowest BCUT2D eigenvalue weighted by Crippen LogP contribution is -2.43. The molecule has 2 aromatic rings. The summed E-state index contributed by atoms with van der Waals surface area (Å²) >= 11 is 0. The van der Waals surface area contributed by atoms with Crippen LogP contribution in [0.1, 0.15) is 59.9 Å². The molecule has 36 heavy (non-hydrogen) atoms. The minimum absolute atomic E-state index is 0.154. The molecule has 0 aromatic heterocycles. The summed E-state index contributed by atoms with van der Waals surface area (Å²) in [7, 11) is 0. The van der Waals surface area contributed by atoms with Crippen LogP contribution in [0.15, 0.2) is 60.0 Å². The van der Waals surface area contributed by atoms with E-state index in [9.17, 15) is 19.1 Å². The van der Waals surface area contributed by atoms with Gasteiger partial charge in [-0.15, -0.1) is 0 Å². The van der Waals surface area contributed by atoms with E-state index in [-0.39, 0.29) is 23.0 Å². The van der Waals surface area contributed by atoms with Gasteiger partial charge in [0.25, 0.3) is 5.91 Å². The number of ether oxygens (including phenoxy) is 1. The number of aliphatic hydroxyl groups is 2. The van der Waals surface area contributed by atoms with Gasteiger partial charge in [-0.3, -0.25) is 9.59 Å². The van der Waals surface area contributed by atoms with Crippen molar-refractivity contribution in [3.63, 3.8) is 0 Å². The second-order valence-electron chi connectivity index (χ2n) is 8.86. The van der Waals surface area contributed by atoms with Crippen molar-refractivity contribution in [3.05, 3.63) is 77.3 Å². The van der Waals surface area contributed by atoms with Gasteiger partial charge in [0.05, 0.1) is 30.0 Å². The summed E-state index contributed by atoms with van der Waals surface area (Å²) in [4.78, 5) is 29.7. The number of ketones is 1. The van der Waals surface area contributed by atoms with Crippen LogP contribution < -0.4 is 10.1 Å². The number of benzene rings is 2. The maximum absolute atomic E-state index is 14.6. The summed E-state index contributed by atoms with van der Waals surface area (Å²) in [6.07, 6.45) is 0.198. The Kier molecular flexibility index (Phi) is 8.95. The zero-order valence-corrected chi connectivity index (χ0v) is 20.5. The molecule has 0 saturated heterocycles. The van der Waals surface area contributed by atoms with Crippen molar-refractivity contribution < 1.29 is 33.8 Å². The molecular formula is C27H31FN2O6. The lowest BCUT2D eigenvalue weighted by molar-refractivity contribution is 0.0609. The van der Waals surface area contributed by atoms with Gasteiger partial charge in [-0.05, 0) is 70.0 Å². The van der Waals surface area contributed by atoms with E-state index >= 15 is 0 Å². The number of hydrogen-bond donors (Lipinski definition) is 3. The topological polar surface area (TPSA) is 117 Å². The number of halogens is 1. The Morgan fingerprint density at radius 1 is 1.17 bits per heavy atom. The Bertz CT molecular complexity index is 1140. The van der Waals surface area contributed by atoms with Crippen LogP contribution in [-0.4, -0.2) is 52.5 Å². The molecule has 3 atom stereocenters. The first-order chi connectivity index (χ1) is 17.1. The van der Waals surface area contributed by atoms with Gasteiger partial charge < -0.3 is 25.1 Å². The van der Waals surface area contributed by atoms with Crippen molar-refractivity contribution in [2.45, 2.75) is 51.9 Å². The average molecular weight is 499 g/mol. The monoisotopic (exact) mass is 498 g/mol. The molecular weight excluding hydrogens is 467 g/mol. The number of hydrogen-bond acceptors (Lipinski definition) is 7. The smallest absolute Gasteiger partial charge is 0.254 e. The van der Waals surface area contributed by atoms with Crippen molar-refractivity contribution in [1.82, 2.24) is 5.32 Å². The molecule has 1 aliphatic rings. The van der Waals surface area contributed by atoms with Crippen molar-refractivity contribution >= 4 is 17.4 Å². The van der Waals surface area contributed by atoms with E-state index in [1.54, 1.807) is 38.1 Å². The molecule has 0 bridgehead atoms. The molecule has 0 aliphatic heterocycles. The molecule has 3 unspecified atom stereocenters. The third-order valence-electron chi connectivity index (χ3n) is 5.91. The molecule has 0 spiro atoms. The van der Waals surface area contributed by atoms with Crippen LogP contribution in [0.25, 0.3) is 0 Å². The summed E-state index contributed by atoms with van der Waals surface area (Å²) in [5.41, 5.74) is 1.20. The van der Waals surface area contributed by atoms with Crippen LogP contribution in [0.4, 0.5) is 4.39 Å². The number of carbonyl (C=O) groups is 2. The van der Waals surface area contributed by atoms with E-state index in [2.05, 4.69) is 17.1 Å². The summed E-state index contributed by atoms with van der Waals surface area (Å²) in [6.45, 7) is 8.15. The van der Waals surface area contributed by atoms with Gasteiger partial charge in [0.2, 0.25) is 0 Å². The summed E-state index contributed by atoms with van der Waals surface area (Å²) in [5.74, 6) is -0.398. The number of nitrogens with zero attached hydrogens (tertiary/aromatic N) is 1. The Morgan fingerprint density at radius 2 is 1.81 bits per heavy atom. The number of rotatable bonds is 12. The van der Waals surface area contributed by atoms with E-state index in [1.807, 2.05) is 0 Å². The summed E-state index contributed by atoms with van der Waals surface area (Å²) < 4.78 is 20.4. The van der Waals surface area contributed by atoms with Crippen LogP contribution in [-0.2, 0) is 4.84 Å². The number of carbonyl (C=O) groups excluding carboxylic acids is 2. The first-order valence-electron chi connectivity index (χ1n) is 11.7. The molecule has 0 radical (unpaired) electrons. The van der Waals surface area contributed by atoms with Crippen LogP contribution >= 0.6 is 0 Å². The van der Waals surface area contributed by atoms with E-state index in [4.69, 9.17) is 14.7 Å². The van der Waals surface area contributed by atoms with Gasteiger partial charge in [-0.2, -0.15) is 0 Å². The third-order valence-corrected chi connectivity index (χ3v) is 5.91. The maximum atomic E-state index is 14.6. The number of amides is 1. The molecule has 1 fully saturated rings. The fourth-order valence-corrected chi connectivity index (χ4v) is 3.27. The number of nitrogens with one attached hydrogen (secondary N) is 1. The molecule has 3 N–H and O–H groups in total. The quantitative estimate of drug-likeness (QED) is 0.178. The summed E-state index contributed by atoms with van der Waals surface area (Å²) in [6, 6.07) is 10.1. The SMILES string of the molecule is C=C(O/N=C(\C)c1ccc(C(=O)NC(C)C(O)CO)c(F)c1)C(C)Oc1ccc(C(=O)C2CC2)cc1. The van der Waals surface area contributed by atoms with E-state index < -0.39 is 36.6 Å². The Balaban J connectivity index is 1.56. The maximum Gasteiger partial charge on any atom is 0.254 e. The lowest BCUT2D eigenvalue weighted by Gasteiger charge is -2.18. The summed E-state index contributed by atoms with van der Waals surface area (Å²) in [5, 5.41) is 24.9. The van der Waals surface area contributed by atoms with Crippen LogP contribution in [0.2, 0.25) is 0 Å². The fraction of sp³-hybridized carbons (Fsp3) is 0.370. The fourth-order valence-electron chi connectivity index (χ4n) is 3.27. The Labute approximate surface area is 209 Å². The van der Waals surface area contributed by atoms with Gasteiger partial charge in [-0.25, -0.2) is 4.39 Å². The number of oxime groups is 1. The highest BCUT2D eigenvalue weighted by atomic mass is 19.1. The molecule has 2 aromatic carbocycles. The van der Waals surface area contributed by atoms with Gasteiger partial charge in [0, 0.05) is 17.0 Å². The lowest BCUT2D eigenvalue weighted by atomic mass is 10.1. The van der Waals surface area contributed by atoms with Gasteiger partial charge in [0.1, 0.15) is 11.6 Å². The number of aliphatic hydroxyl groups excluding tert-OH is 2. The highest BCUT2D eigenvalue weighted by Gasteiger charge is 2.30. The highest BCUT2D eigenvalue weighted by molar-refractivity contribution is 6.00. The second kappa shape index (κ2) is 11.9.